The molecule has 0 saturated heterocycles. The van der Waals surface area contributed by atoms with Crippen LogP contribution in [0.3, 0.4) is 0 Å². The maximum atomic E-state index is 14.0. The Hall–Kier alpha value is -2.73. The highest BCUT2D eigenvalue weighted by atomic mass is 35.5. The number of hydrogen-bond acceptors (Lipinski definition) is 4. The van der Waals surface area contributed by atoms with Crippen LogP contribution in [0.4, 0.5) is 13.2 Å². The van der Waals surface area contributed by atoms with E-state index in [1.165, 1.54) is 18.2 Å². The molecule has 3 rings (SSSR count). The Morgan fingerprint density at radius 2 is 1.90 bits per heavy atom. The number of nitrogens with zero attached hydrogens (tertiary/aromatic N) is 1. The molecular weight excluding hydrogens is 442 g/mol. The second-order valence-corrected chi connectivity index (χ2v) is 7.40. The Labute approximate surface area is 180 Å². The number of hydroxylamine groups is 1. The molecule has 2 aromatic carbocycles. The molecule has 2 aromatic rings. The van der Waals surface area contributed by atoms with Gasteiger partial charge in [-0.05, 0) is 54.5 Å². The van der Waals surface area contributed by atoms with Crippen molar-refractivity contribution in [2.24, 2.45) is 0 Å². The fourth-order valence-corrected chi connectivity index (χ4v) is 3.58. The average Bonchev–Trinajstić information content (AvgIpc) is 3.12. The third kappa shape index (κ3) is 4.10. The van der Waals surface area contributed by atoms with Gasteiger partial charge in [0.25, 0.3) is 5.91 Å². The predicted molar refractivity (Wildman–Crippen MR) is 106 cm³/mol. The smallest absolute Gasteiger partial charge is 0.339 e. The summed E-state index contributed by atoms with van der Waals surface area (Å²) in [6.45, 7) is 1.48. The maximum absolute atomic E-state index is 14.0. The van der Waals surface area contributed by atoms with E-state index in [1.807, 2.05) is 0 Å². The van der Waals surface area contributed by atoms with Crippen LogP contribution in [-0.4, -0.2) is 18.6 Å². The minimum Gasteiger partial charge on any atom is -0.339 e. The fourth-order valence-electron chi connectivity index (χ4n) is 3.05. The molecule has 1 aliphatic heterocycles. The third-order valence-corrected chi connectivity index (χ3v) is 4.93. The van der Waals surface area contributed by atoms with Crippen molar-refractivity contribution in [2.45, 2.75) is 18.7 Å². The van der Waals surface area contributed by atoms with Gasteiger partial charge in [0.05, 0.1) is 11.8 Å². The quantitative estimate of drug-likeness (QED) is 0.643. The number of amides is 1. The van der Waals surface area contributed by atoms with Crippen molar-refractivity contribution in [1.82, 2.24) is 10.8 Å². The number of alkyl halides is 3. The maximum Gasteiger partial charge on any atom is 0.428 e. The predicted octanol–water partition coefficient (Wildman–Crippen LogP) is 4.89. The van der Waals surface area contributed by atoms with Gasteiger partial charge in [0.2, 0.25) is 5.60 Å². The zero-order valence-electron chi connectivity index (χ0n) is 15.4. The number of nitriles is 1. The summed E-state index contributed by atoms with van der Waals surface area (Å²) < 4.78 is 42.1. The zero-order chi connectivity index (χ0) is 22.1. The van der Waals surface area contributed by atoms with E-state index in [2.05, 4.69) is 10.8 Å². The number of carbonyl (C=O) groups is 1. The third-order valence-electron chi connectivity index (χ3n) is 4.49. The number of nitrogens with one attached hydrogen (secondary N) is 2. The molecule has 1 amide bonds. The molecule has 10 heteroatoms. The fraction of sp³-hybridized carbons (Fsp3) is 0.200. The molecule has 0 radical (unpaired) electrons. The van der Waals surface area contributed by atoms with Crippen LogP contribution in [0.25, 0.3) is 5.70 Å². The van der Waals surface area contributed by atoms with Gasteiger partial charge in [-0.3, -0.25) is 15.1 Å². The van der Waals surface area contributed by atoms with E-state index in [-0.39, 0.29) is 27.9 Å². The Kier molecular flexibility index (Phi) is 5.99. The molecule has 0 fully saturated rings. The van der Waals surface area contributed by atoms with E-state index in [0.29, 0.717) is 16.7 Å². The highest BCUT2D eigenvalue weighted by Crippen LogP contribution is 2.48. The lowest BCUT2D eigenvalue weighted by Crippen LogP contribution is -2.42. The van der Waals surface area contributed by atoms with E-state index < -0.39 is 17.7 Å². The van der Waals surface area contributed by atoms with Crippen molar-refractivity contribution in [3.8, 4) is 6.07 Å². The minimum atomic E-state index is -4.82. The number of benzene rings is 2. The van der Waals surface area contributed by atoms with Crippen molar-refractivity contribution in [3.63, 3.8) is 0 Å². The van der Waals surface area contributed by atoms with Gasteiger partial charge in [-0.2, -0.15) is 18.4 Å². The molecular formula is C20H14Cl2F3N3O2. The van der Waals surface area contributed by atoms with Crippen LogP contribution in [0.1, 0.15) is 27.0 Å². The number of halogens is 5. The van der Waals surface area contributed by atoms with Gasteiger partial charge in [0, 0.05) is 21.2 Å². The van der Waals surface area contributed by atoms with Gasteiger partial charge in [-0.25, -0.2) is 0 Å². The van der Waals surface area contributed by atoms with Gasteiger partial charge in [0.15, 0.2) is 0 Å². The van der Waals surface area contributed by atoms with Crippen LogP contribution >= 0.6 is 23.2 Å². The van der Waals surface area contributed by atoms with Crippen LogP contribution in [0.5, 0.6) is 0 Å². The van der Waals surface area contributed by atoms with E-state index >= 15 is 0 Å². The zero-order valence-corrected chi connectivity index (χ0v) is 16.9. The lowest BCUT2D eigenvalue weighted by molar-refractivity contribution is -0.269. The minimum absolute atomic E-state index is 0.0372. The van der Waals surface area contributed by atoms with Crippen molar-refractivity contribution >= 4 is 34.8 Å². The molecule has 30 heavy (non-hydrogen) atoms. The van der Waals surface area contributed by atoms with Gasteiger partial charge in [0.1, 0.15) is 6.54 Å². The van der Waals surface area contributed by atoms with Gasteiger partial charge in [-0.15, -0.1) is 0 Å². The Morgan fingerprint density at radius 3 is 2.47 bits per heavy atom. The standard InChI is InChI=1S/C20H14Cl2F3N3O2/c1-11-6-12(2-3-16(11)18(29)27-5-4-26)17-10-19(30-28-17,20(23,24)25)13-7-14(21)9-15(22)8-13/h2-3,6-10,28H,5H2,1H3,(H,27,29). The van der Waals surface area contributed by atoms with Crippen molar-refractivity contribution in [3.05, 3.63) is 74.8 Å². The van der Waals surface area contributed by atoms with Crippen LogP contribution in [-0.2, 0) is 10.4 Å². The summed E-state index contributed by atoms with van der Waals surface area (Å²) in [5.74, 6) is -0.455. The highest BCUT2D eigenvalue weighted by molar-refractivity contribution is 6.34. The van der Waals surface area contributed by atoms with Gasteiger partial charge < -0.3 is 5.32 Å². The molecule has 156 valence electrons. The first-order valence-corrected chi connectivity index (χ1v) is 9.29. The molecule has 5 nitrogen and oxygen atoms in total. The van der Waals surface area contributed by atoms with Gasteiger partial charge in [-0.1, -0.05) is 29.3 Å². The lowest BCUT2D eigenvalue weighted by atomic mass is 9.91. The second kappa shape index (κ2) is 8.19. The first-order chi connectivity index (χ1) is 14.1. The Balaban J connectivity index is 2.03. The summed E-state index contributed by atoms with van der Waals surface area (Å²) in [5, 5.41) is 11.0. The van der Waals surface area contributed by atoms with Crippen LogP contribution in [0.15, 0.2) is 42.5 Å². The summed E-state index contributed by atoms with van der Waals surface area (Å²) in [6.07, 6.45) is -3.92. The molecule has 0 spiro atoms. The SMILES string of the molecule is Cc1cc(C2=CC(c3cc(Cl)cc(Cl)c3)(C(F)(F)F)ON2)ccc1C(=O)NCC#N. The number of hydrogen-bond donors (Lipinski definition) is 2. The molecule has 1 atom stereocenters. The summed E-state index contributed by atoms with van der Waals surface area (Å²) in [7, 11) is 0. The Morgan fingerprint density at radius 1 is 1.23 bits per heavy atom. The first-order valence-electron chi connectivity index (χ1n) is 8.54. The molecule has 0 bridgehead atoms. The largest absolute Gasteiger partial charge is 0.428 e. The molecule has 1 aliphatic rings. The van der Waals surface area contributed by atoms with Crippen molar-refractivity contribution in [2.75, 3.05) is 6.54 Å². The highest BCUT2D eigenvalue weighted by Gasteiger charge is 2.59. The van der Waals surface area contributed by atoms with Gasteiger partial charge >= 0.3 is 6.18 Å². The van der Waals surface area contributed by atoms with E-state index in [0.717, 1.165) is 18.2 Å². The molecule has 2 N–H and O–H groups in total. The van der Waals surface area contributed by atoms with Crippen LogP contribution in [0, 0.1) is 18.3 Å². The molecule has 1 heterocycles. The van der Waals surface area contributed by atoms with Crippen molar-refractivity contribution < 1.29 is 22.8 Å². The molecule has 0 aromatic heterocycles. The summed E-state index contributed by atoms with van der Waals surface area (Å²) in [4.78, 5) is 17.1. The number of rotatable bonds is 4. The Bertz CT molecular complexity index is 1060. The topological polar surface area (TPSA) is 74.2 Å². The molecule has 0 saturated carbocycles. The van der Waals surface area contributed by atoms with E-state index in [1.54, 1.807) is 19.1 Å². The van der Waals surface area contributed by atoms with E-state index in [9.17, 15) is 18.0 Å². The van der Waals surface area contributed by atoms with Crippen LogP contribution in [0.2, 0.25) is 10.0 Å². The first kappa shape index (κ1) is 22.0. The lowest BCUT2D eigenvalue weighted by Gasteiger charge is -2.28. The second-order valence-electron chi connectivity index (χ2n) is 6.52. The normalized spacial score (nSPS) is 18.4. The van der Waals surface area contributed by atoms with Crippen molar-refractivity contribution in [1.29, 1.82) is 5.26 Å². The molecule has 0 aliphatic carbocycles. The number of aryl methyl sites for hydroxylation is 1. The average molecular weight is 456 g/mol. The summed E-state index contributed by atoms with van der Waals surface area (Å²) in [5.41, 5.74) is 0.514. The summed E-state index contributed by atoms with van der Waals surface area (Å²) in [6, 6.07) is 9.87. The van der Waals surface area contributed by atoms with Crippen LogP contribution < -0.4 is 10.8 Å². The summed E-state index contributed by atoms with van der Waals surface area (Å²) >= 11 is 11.8. The molecule has 1 unspecified atom stereocenters. The van der Waals surface area contributed by atoms with E-state index in [4.69, 9.17) is 33.3 Å². The number of carbonyl (C=O) groups excluding carboxylic acids is 1. The monoisotopic (exact) mass is 455 g/mol.